The highest BCUT2D eigenvalue weighted by Gasteiger charge is 2.16. The van der Waals surface area contributed by atoms with Crippen LogP contribution in [0.1, 0.15) is 12.1 Å². The van der Waals surface area contributed by atoms with Crippen molar-refractivity contribution in [2.24, 2.45) is 0 Å². The second kappa shape index (κ2) is 8.28. The Kier molecular flexibility index (Phi) is 6.37. The number of carbonyl (C=O) groups is 1. The van der Waals surface area contributed by atoms with Gasteiger partial charge in [-0.1, -0.05) is 16.8 Å². The summed E-state index contributed by atoms with van der Waals surface area (Å²) in [6, 6.07) is 3.60. The van der Waals surface area contributed by atoms with Gasteiger partial charge in [0.1, 0.15) is 11.9 Å². The van der Waals surface area contributed by atoms with Gasteiger partial charge in [-0.15, -0.1) is 5.10 Å². The number of nitrogens with zero attached hydrogens (tertiary/aromatic N) is 3. The van der Waals surface area contributed by atoms with Gasteiger partial charge in [0.15, 0.2) is 0 Å². The van der Waals surface area contributed by atoms with Crippen LogP contribution in [-0.4, -0.2) is 44.1 Å². The molecule has 0 aliphatic heterocycles. The Morgan fingerprint density at radius 2 is 2.35 bits per heavy atom. The maximum absolute atomic E-state index is 13.2. The van der Waals surface area contributed by atoms with E-state index in [1.165, 1.54) is 22.9 Å². The molecule has 0 aliphatic carbocycles. The van der Waals surface area contributed by atoms with Crippen LogP contribution in [-0.2, 0) is 11.3 Å². The van der Waals surface area contributed by atoms with Crippen molar-refractivity contribution in [2.45, 2.75) is 19.0 Å². The molecule has 0 spiro atoms. The molecule has 6 nitrogen and oxygen atoms in total. The second-order valence-electron chi connectivity index (χ2n) is 4.81. The highest BCUT2D eigenvalue weighted by Crippen LogP contribution is 2.18. The van der Waals surface area contributed by atoms with Gasteiger partial charge in [-0.25, -0.2) is 9.07 Å². The summed E-state index contributed by atoms with van der Waals surface area (Å²) in [5, 5.41) is 20.0. The second-order valence-corrected chi connectivity index (χ2v) is 6.20. The number of carboxylic acid groups (broad SMARTS) is 1. The molecule has 2 rings (SSSR count). The highest BCUT2D eigenvalue weighted by atomic mass is 35.5. The average Bonchev–Trinajstić information content (AvgIpc) is 2.98. The van der Waals surface area contributed by atoms with Gasteiger partial charge in [-0.3, -0.25) is 10.1 Å². The normalized spacial score (nSPS) is 12.3. The summed E-state index contributed by atoms with van der Waals surface area (Å²) in [5.41, 5.74) is 1.16. The molecule has 0 amide bonds. The zero-order chi connectivity index (χ0) is 16.8. The van der Waals surface area contributed by atoms with Crippen LogP contribution in [0.4, 0.5) is 4.39 Å². The maximum Gasteiger partial charge on any atom is 0.320 e. The monoisotopic (exact) mass is 358 g/mol. The molecule has 23 heavy (non-hydrogen) atoms. The summed E-state index contributed by atoms with van der Waals surface area (Å²) in [7, 11) is 0. The number of aliphatic carboxylic acids is 1. The van der Waals surface area contributed by atoms with Gasteiger partial charge in [0, 0.05) is 6.54 Å². The van der Waals surface area contributed by atoms with Crippen LogP contribution in [0.25, 0.3) is 5.69 Å². The van der Waals surface area contributed by atoms with Crippen molar-refractivity contribution in [1.82, 2.24) is 20.3 Å². The number of aromatic nitrogens is 3. The Balaban J connectivity index is 2.01. The van der Waals surface area contributed by atoms with E-state index in [4.69, 9.17) is 16.7 Å². The van der Waals surface area contributed by atoms with Crippen molar-refractivity contribution in [3.8, 4) is 5.69 Å². The fraction of sp³-hybridized carbons (Fsp3) is 0.357. The molecular weight excluding hydrogens is 343 g/mol. The molecule has 124 valence electrons. The molecule has 1 aromatic carbocycles. The highest BCUT2D eigenvalue weighted by molar-refractivity contribution is 7.98. The number of thioether (sulfide) groups is 1. The van der Waals surface area contributed by atoms with Crippen LogP contribution in [0, 0.1) is 5.82 Å². The summed E-state index contributed by atoms with van der Waals surface area (Å²) < 4.78 is 14.6. The lowest BCUT2D eigenvalue weighted by molar-refractivity contribution is -0.139. The van der Waals surface area contributed by atoms with E-state index in [-0.39, 0.29) is 11.6 Å². The zero-order valence-corrected chi connectivity index (χ0v) is 13.9. The number of rotatable bonds is 8. The van der Waals surface area contributed by atoms with Gasteiger partial charge in [0.25, 0.3) is 0 Å². The van der Waals surface area contributed by atoms with Crippen LogP contribution in [0.15, 0.2) is 24.4 Å². The van der Waals surface area contributed by atoms with Gasteiger partial charge in [0.05, 0.1) is 22.6 Å². The Hall–Kier alpha value is -1.64. The topological polar surface area (TPSA) is 80.0 Å². The van der Waals surface area contributed by atoms with Gasteiger partial charge in [-0.2, -0.15) is 11.8 Å². The molecule has 0 radical (unpaired) electrons. The first-order valence-corrected chi connectivity index (χ1v) is 8.60. The largest absolute Gasteiger partial charge is 0.480 e. The number of hydrogen-bond acceptors (Lipinski definition) is 5. The van der Waals surface area contributed by atoms with Crippen LogP contribution >= 0.6 is 23.4 Å². The maximum atomic E-state index is 13.2. The SMILES string of the molecule is CSCCC(NCc1cn(-c2ccc(F)c(Cl)c2)nn1)C(=O)O. The first-order valence-electron chi connectivity index (χ1n) is 6.83. The molecule has 1 aromatic heterocycles. The van der Waals surface area contributed by atoms with E-state index in [0.717, 1.165) is 5.75 Å². The number of nitrogens with one attached hydrogen (secondary N) is 1. The molecule has 2 aromatic rings. The molecule has 1 atom stereocenters. The molecule has 0 aliphatic rings. The van der Waals surface area contributed by atoms with E-state index in [1.807, 2.05) is 6.26 Å². The smallest absolute Gasteiger partial charge is 0.320 e. The van der Waals surface area contributed by atoms with Crippen LogP contribution in [0.2, 0.25) is 5.02 Å². The molecule has 0 bridgehead atoms. The van der Waals surface area contributed by atoms with E-state index in [9.17, 15) is 9.18 Å². The minimum absolute atomic E-state index is 0.000631. The van der Waals surface area contributed by atoms with Gasteiger partial charge in [0.2, 0.25) is 0 Å². The minimum atomic E-state index is -0.892. The molecular formula is C14H16ClFN4O2S. The summed E-state index contributed by atoms with van der Waals surface area (Å²) in [6.07, 6.45) is 4.10. The van der Waals surface area contributed by atoms with Gasteiger partial charge < -0.3 is 5.11 Å². The predicted molar refractivity (Wildman–Crippen MR) is 87.6 cm³/mol. The van der Waals surface area contributed by atoms with Crippen LogP contribution < -0.4 is 5.32 Å². The van der Waals surface area contributed by atoms with Crippen molar-refractivity contribution in [3.05, 3.63) is 40.9 Å². The third kappa shape index (κ3) is 4.92. The predicted octanol–water partition coefficient (Wildman–Crippen LogP) is 2.36. The number of halogens is 2. The lowest BCUT2D eigenvalue weighted by Gasteiger charge is -2.12. The quantitative estimate of drug-likeness (QED) is 0.754. The molecule has 9 heteroatoms. The van der Waals surface area contributed by atoms with Crippen LogP contribution in [0.5, 0.6) is 0 Å². The van der Waals surface area contributed by atoms with E-state index < -0.39 is 17.8 Å². The molecule has 2 N–H and O–H groups in total. The standard InChI is InChI=1S/C14H16ClFN4O2S/c1-23-5-4-13(14(21)22)17-7-9-8-20(19-18-9)10-2-3-12(16)11(15)6-10/h2-3,6,8,13,17H,4-5,7H2,1H3,(H,21,22). The first kappa shape index (κ1) is 17.7. The van der Waals surface area contributed by atoms with Crippen molar-refractivity contribution in [3.63, 3.8) is 0 Å². The Morgan fingerprint density at radius 1 is 1.57 bits per heavy atom. The number of hydrogen-bond donors (Lipinski definition) is 2. The summed E-state index contributed by atoms with van der Waals surface area (Å²) >= 11 is 7.33. The number of carboxylic acids is 1. The van der Waals surface area contributed by atoms with Crippen molar-refractivity contribution >= 4 is 29.3 Å². The van der Waals surface area contributed by atoms with E-state index in [2.05, 4.69) is 15.6 Å². The van der Waals surface area contributed by atoms with E-state index >= 15 is 0 Å². The summed E-state index contributed by atoms with van der Waals surface area (Å²) in [5.74, 6) is -0.641. The Labute approximate surface area is 142 Å². The first-order chi connectivity index (χ1) is 11.0. The average molecular weight is 359 g/mol. The lowest BCUT2D eigenvalue weighted by atomic mass is 10.2. The minimum Gasteiger partial charge on any atom is -0.480 e. The molecule has 0 fully saturated rings. The van der Waals surface area contributed by atoms with Gasteiger partial charge >= 0.3 is 5.97 Å². The fourth-order valence-electron chi connectivity index (χ4n) is 1.91. The van der Waals surface area contributed by atoms with Crippen LogP contribution in [0.3, 0.4) is 0 Å². The zero-order valence-electron chi connectivity index (χ0n) is 12.4. The van der Waals surface area contributed by atoms with E-state index in [1.54, 1.807) is 18.0 Å². The third-order valence-electron chi connectivity index (χ3n) is 3.15. The van der Waals surface area contributed by atoms with Crippen molar-refractivity contribution in [2.75, 3.05) is 12.0 Å². The molecule has 0 saturated heterocycles. The number of benzene rings is 1. The summed E-state index contributed by atoms with van der Waals surface area (Å²) in [4.78, 5) is 11.2. The third-order valence-corrected chi connectivity index (χ3v) is 4.08. The molecule has 1 heterocycles. The van der Waals surface area contributed by atoms with Crippen molar-refractivity contribution < 1.29 is 14.3 Å². The van der Waals surface area contributed by atoms with E-state index in [0.29, 0.717) is 17.8 Å². The Bertz CT molecular complexity index is 683. The lowest BCUT2D eigenvalue weighted by Crippen LogP contribution is -2.36. The van der Waals surface area contributed by atoms with Gasteiger partial charge in [-0.05, 0) is 36.6 Å². The molecule has 0 saturated carbocycles. The van der Waals surface area contributed by atoms with Crippen molar-refractivity contribution in [1.29, 1.82) is 0 Å². The fourth-order valence-corrected chi connectivity index (χ4v) is 2.56. The Morgan fingerprint density at radius 3 is 3.00 bits per heavy atom. The summed E-state index contributed by atoms with van der Waals surface area (Å²) in [6.45, 7) is 0.278. The molecule has 1 unspecified atom stereocenters.